The number of rotatable bonds is 6. The quantitative estimate of drug-likeness (QED) is 0.586. The maximum absolute atomic E-state index is 12.7. The van der Waals surface area contributed by atoms with Crippen molar-refractivity contribution in [3.63, 3.8) is 0 Å². The van der Waals surface area contributed by atoms with Crippen molar-refractivity contribution in [1.82, 2.24) is 4.90 Å². The van der Waals surface area contributed by atoms with E-state index < -0.39 is 12.1 Å². The van der Waals surface area contributed by atoms with Crippen LogP contribution in [0.4, 0.5) is 4.79 Å². The Kier molecular flexibility index (Phi) is 5.81. The lowest BCUT2D eigenvalue weighted by molar-refractivity contribution is -0.125. The smallest absolute Gasteiger partial charge is 0.417 e. The Morgan fingerprint density at radius 2 is 1.81 bits per heavy atom. The van der Waals surface area contributed by atoms with Crippen molar-refractivity contribution in [3.8, 4) is 0 Å². The number of carbonyl (C=O) groups is 2. The van der Waals surface area contributed by atoms with Gasteiger partial charge >= 0.3 is 6.09 Å². The molecule has 2 aromatic carbocycles. The van der Waals surface area contributed by atoms with Gasteiger partial charge in [0.2, 0.25) is 0 Å². The molecular formula is C21H21NO4. The van der Waals surface area contributed by atoms with Gasteiger partial charge in [-0.25, -0.2) is 9.69 Å². The van der Waals surface area contributed by atoms with E-state index in [9.17, 15) is 9.59 Å². The summed E-state index contributed by atoms with van der Waals surface area (Å²) in [5.41, 5.74) is 2.40. The summed E-state index contributed by atoms with van der Waals surface area (Å²) in [5, 5.41) is 0. The van der Waals surface area contributed by atoms with Crippen LogP contribution >= 0.6 is 0 Å². The molecule has 1 fully saturated rings. The van der Waals surface area contributed by atoms with Crippen molar-refractivity contribution in [3.05, 3.63) is 83.4 Å². The fraction of sp³-hybridized carbons (Fsp3) is 0.238. The van der Waals surface area contributed by atoms with E-state index in [2.05, 4.69) is 0 Å². The van der Waals surface area contributed by atoms with Crippen molar-refractivity contribution in [2.75, 3.05) is 13.2 Å². The summed E-state index contributed by atoms with van der Waals surface area (Å²) in [6.07, 6.45) is 1.08. The molecule has 0 aromatic heterocycles. The highest BCUT2D eigenvalue weighted by molar-refractivity contribution is 6.03. The summed E-state index contributed by atoms with van der Waals surface area (Å²) in [6, 6.07) is 18.8. The summed E-state index contributed by atoms with van der Waals surface area (Å²) >= 11 is 0. The number of carbonyl (C=O) groups excluding carboxylic acids is 2. The first-order valence-corrected chi connectivity index (χ1v) is 8.50. The lowest BCUT2D eigenvalue weighted by Crippen LogP contribution is -2.34. The molecule has 0 unspecified atom stereocenters. The van der Waals surface area contributed by atoms with Crippen LogP contribution in [-0.2, 0) is 20.9 Å². The van der Waals surface area contributed by atoms with Gasteiger partial charge in [-0.2, -0.15) is 0 Å². The zero-order valence-electron chi connectivity index (χ0n) is 14.6. The van der Waals surface area contributed by atoms with Gasteiger partial charge in [0.25, 0.3) is 5.91 Å². The number of nitrogens with zero attached hydrogens (tertiary/aromatic N) is 1. The molecule has 0 aliphatic carbocycles. The Morgan fingerprint density at radius 3 is 2.50 bits per heavy atom. The van der Waals surface area contributed by atoms with E-state index in [1.54, 1.807) is 13.0 Å². The van der Waals surface area contributed by atoms with Crippen molar-refractivity contribution < 1.29 is 19.1 Å². The molecule has 1 heterocycles. The molecule has 26 heavy (non-hydrogen) atoms. The fourth-order valence-corrected chi connectivity index (χ4v) is 2.78. The molecule has 0 N–H and O–H groups in total. The number of ether oxygens (including phenoxy) is 2. The standard InChI is InChI=1S/C21H21NO4/c1-16(12-13-25-14-17-8-4-2-5-9-17)20(23)22-19(15-26-21(22)24)18-10-6-3-7-11-18/h2-12,19H,13-15H2,1H3/b16-12+/t19-/m1/s1. The largest absolute Gasteiger partial charge is 0.446 e. The number of imide groups is 1. The fourth-order valence-electron chi connectivity index (χ4n) is 2.78. The van der Waals surface area contributed by atoms with Gasteiger partial charge in [-0.1, -0.05) is 66.7 Å². The summed E-state index contributed by atoms with van der Waals surface area (Å²) in [7, 11) is 0. The highest BCUT2D eigenvalue weighted by Crippen LogP contribution is 2.28. The number of benzene rings is 2. The monoisotopic (exact) mass is 351 g/mol. The van der Waals surface area contributed by atoms with Gasteiger partial charge in [0.05, 0.1) is 13.2 Å². The number of cyclic esters (lactones) is 1. The van der Waals surface area contributed by atoms with Crippen LogP contribution in [-0.4, -0.2) is 30.1 Å². The van der Waals surface area contributed by atoms with E-state index in [0.29, 0.717) is 18.8 Å². The predicted molar refractivity (Wildman–Crippen MR) is 97.2 cm³/mol. The third-order valence-electron chi connectivity index (χ3n) is 4.23. The van der Waals surface area contributed by atoms with Gasteiger partial charge in [0, 0.05) is 5.57 Å². The van der Waals surface area contributed by atoms with Crippen LogP contribution in [0.1, 0.15) is 24.1 Å². The molecule has 5 nitrogen and oxygen atoms in total. The second-order valence-corrected chi connectivity index (χ2v) is 6.07. The van der Waals surface area contributed by atoms with E-state index in [4.69, 9.17) is 9.47 Å². The Labute approximate surface area is 152 Å². The third-order valence-corrected chi connectivity index (χ3v) is 4.23. The number of hydrogen-bond acceptors (Lipinski definition) is 4. The van der Waals surface area contributed by atoms with E-state index in [1.807, 2.05) is 60.7 Å². The van der Waals surface area contributed by atoms with Crippen LogP contribution in [0.2, 0.25) is 0 Å². The van der Waals surface area contributed by atoms with Crippen LogP contribution < -0.4 is 0 Å². The Bertz CT molecular complexity index is 786. The average Bonchev–Trinajstić information content (AvgIpc) is 3.07. The second kappa shape index (κ2) is 8.45. The maximum Gasteiger partial charge on any atom is 0.417 e. The van der Waals surface area contributed by atoms with Gasteiger partial charge < -0.3 is 9.47 Å². The molecule has 1 saturated heterocycles. The normalized spacial score (nSPS) is 17.3. The molecule has 0 radical (unpaired) electrons. The first-order chi connectivity index (χ1) is 12.7. The Balaban J connectivity index is 1.61. The highest BCUT2D eigenvalue weighted by atomic mass is 16.6. The van der Waals surface area contributed by atoms with E-state index in [0.717, 1.165) is 11.1 Å². The minimum absolute atomic E-state index is 0.173. The van der Waals surface area contributed by atoms with Gasteiger partial charge in [-0.15, -0.1) is 0 Å². The summed E-state index contributed by atoms with van der Waals surface area (Å²) in [4.78, 5) is 25.9. The van der Waals surface area contributed by atoms with Crippen LogP contribution in [0.15, 0.2) is 72.3 Å². The molecule has 2 amide bonds. The zero-order chi connectivity index (χ0) is 18.4. The number of hydrogen-bond donors (Lipinski definition) is 0. The van der Waals surface area contributed by atoms with Crippen molar-refractivity contribution in [2.45, 2.75) is 19.6 Å². The van der Waals surface area contributed by atoms with E-state index in [1.165, 1.54) is 4.90 Å². The maximum atomic E-state index is 12.7. The first kappa shape index (κ1) is 17.9. The second-order valence-electron chi connectivity index (χ2n) is 6.07. The molecule has 1 atom stereocenters. The molecule has 1 aliphatic heterocycles. The topological polar surface area (TPSA) is 55.8 Å². The molecular weight excluding hydrogens is 330 g/mol. The lowest BCUT2D eigenvalue weighted by Gasteiger charge is -2.20. The molecule has 3 rings (SSSR count). The summed E-state index contributed by atoms with van der Waals surface area (Å²) < 4.78 is 10.7. The summed E-state index contributed by atoms with van der Waals surface area (Å²) in [6.45, 7) is 2.62. The molecule has 0 spiro atoms. The van der Waals surface area contributed by atoms with Gasteiger partial charge in [0.15, 0.2) is 0 Å². The molecule has 0 saturated carbocycles. The van der Waals surface area contributed by atoms with Crippen molar-refractivity contribution in [1.29, 1.82) is 0 Å². The Morgan fingerprint density at radius 1 is 1.15 bits per heavy atom. The molecule has 2 aromatic rings. The van der Waals surface area contributed by atoms with Crippen LogP contribution in [0.5, 0.6) is 0 Å². The molecule has 134 valence electrons. The molecule has 0 bridgehead atoms. The van der Waals surface area contributed by atoms with Gasteiger partial charge in [0.1, 0.15) is 12.6 Å². The van der Waals surface area contributed by atoms with Gasteiger partial charge in [-0.05, 0) is 18.1 Å². The van der Waals surface area contributed by atoms with Crippen LogP contribution in [0.3, 0.4) is 0 Å². The molecule has 5 heteroatoms. The average molecular weight is 351 g/mol. The van der Waals surface area contributed by atoms with E-state index in [-0.39, 0.29) is 12.5 Å². The summed E-state index contributed by atoms with van der Waals surface area (Å²) in [5.74, 6) is -0.357. The number of amides is 2. The highest BCUT2D eigenvalue weighted by Gasteiger charge is 2.39. The van der Waals surface area contributed by atoms with Crippen molar-refractivity contribution in [2.24, 2.45) is 0 Å². The molecule has 1 aliphatic rings. The zero-order valence-corrected chi connectivity index (χ0v) is 14.6. The predicted octanol–water partition coefficient (Wildman–Crippen LogP) is 3.87. The first-order valence-electron chi connectivity index (χ1n) is 8.50. The van der Waals surface area contributed by atoms with Crippen LogP contribution in [0, 0.1) is 0 Å². The lowest BCUT2D eigenvalue weighted by atomic mass is 10.1. The minimum atomic E-state index is -0.609. The minimum Gasteiger partial charge on any atom is -0.446 e. The van der Waals surface area contributed by atoms with E-state index >= 15 is 0 Å². The third kappa shape index (κ3) is 4.18. The van der Waals surface area contributed by atoms with Gasteiger partial charge in [-0.3, -0.25) is 4.79 Å². The Hall–Kier alpha value is -2.92. The van der Waals surface area contributed by atoms with Crippen molar-refractivity contribution >= 4 is 12.0 Å². The van der Waals surface area contributed by atoms with Crippen LogP contribution in [0.25, 0.3) is 0 Å². The SMILES string of the molecule is C/C(=C\COCc1ccccc1)C(=O)N1C(=O)OC[C@@H]1c1ccccc1.